The molecule has 1 unspecified atom stereocenters. The molecule has 2 aliphatic carbocycles. The summed E-state index contributed by atoms with van der Waals surface area (Å²) >= 11 is 0. The zero-order chi connectivity index (χ0) is 15.7. The van der Waals surface area contributed by atoms with Crippen LogP contribution in [0.25, 0.3) is 0 Å². The van der Waals surface area contributed by atoms with E-state index in [9.17, 15) is 5.11 Å². The van der Waals surface area contributed by atoms with Crippen molar-refractivity contribution in [3.05, 3.63) is 46.5 Å². The normalized spacial score (nSPS) is 25.7. The van der Waals surface area contributed by atoms with Crippen LogP contribution < -0.4 is 0 Å². The van der Waals surface area contributed by atoms with E-state index in [1.807, 2.05) is 24.3 Å². The highest BCUT2D eigenvalue weighted by Gasteiger charge is 2.36. The Morgan fingerprint density at radius 3 is 2.59 bits per heavy atom. The van der Waals surface area contributed by atoms with E-state index < -0.39 is 0 Å². The second-order valence-corrected chi connectivity index (χ2v) is 7.67. The van der Waals surface area contributed by atoms with Crippen LogP contribution in [0.1, 0.15) is 69.6 Å². The Balaban J connectivity index is 1.77. The van der Waals surface area contributed by atoms with Gasteiger partial charge in [-0.3, -0.25) is 0 Å². The van der Waals surface area contributed by atoms with Gasteiger partial charge in [0.05, 0.1) is 12.7 Å². The van der Waals surface area contributed by atoms with E-state index in [2.05, 4.69) is 13.8 Å². The third-order valence-electron chi connectivity index (χ3n) is 5.76. The van der Waals surface area contributed by atoms with Crippen LogP contribution in [0.15, 0.2) is 35.4 Å². The maximum Gasteiger partial charge on any atom is 0.0821 e. The molecule has 0 saturated carbocycles. The Morgan fingerprint density at radius 1 is 1.18 bits per heavy atom. The fourth-order valence-electron chi connectivity index (χ4n) is 4.31. The molecule has 2 atom stereocenters. The Labute approximate surface area is 133 Å². The van der Waals surface area contributed by atoms with Crippen LogP contribution in [0, 0.1) is 11.3 Å². The molecular weight excluding hydrogens is 272 g/mol. The third-order valence-corrected chi connectivity index (χ3v) is 5.76. The number of rotatable bonds is 3. The van der Waals surface area contributed by atoms with Crippen LogP contribution in [0.3, 0.4) is 0 Å². The lowest BCUT2D eigenvalue weighted by atomic mass is 9.64. The van der Waals surface area contributed by atoms with Gasteiger partial charge in [-0.1, -0.05) is 49.3 Å². The van der Waals surface area contributed by atoms with Crippen LogP contribution in [-0.2, 0) is 6.61 Å². The Bertz CT molecular complexity index is 554. The van der Waals surface area contributed by atoms with Crippen LogP contribution in [0.5, 0.6) is 0 Å². The molecule has 0 heterocycles. The fraction of sp³-hybridized carbons (Fsp3) is 0.600. The molecule has 22 heavy (non-hydrogen) atoms. The zero-order valence-corrected chi connectivity index (χ0v) is 13.8. The highest BCUT2D eigenvalue weighted by molar-refractivity contribution is 5.29. The number of benzene rings is 1. The molecule has 0 spiro atoms. The molecule has 2 aliphatic rings. The van der Waals surface area contributed by atoms with Gasteiger partial charge < -0.3 is 10.2 Å². The van der Waals surface area contributed by atoms with E-state index in [-0.39, 0.29) is 12.7 Å². The quantitative estimate of drug-likeness (QED) is 0.806. The number of allylic oxidation sites excluding steroid dienone is 2. The van der Waals surface area contributed by atoms with Crippen molar-refractivity contribution in [3.8, 4) is 0 Å². The molecule has 2 N–H and O–H groups in total. The molecular formula is C20H28O2. The highest BCUT2D eigenvalue weighted by atomic mass is 16.3. The van der Waals surface area contributed by atoms with Gasteiger partial charge in [-0.2, -0.15) is 0 Å². The minimum Gasteiger partial charge on any atom is -0.392 e. The summed E-state index contributed by atoms with van der Waals surface area (Å²) in [4.78, 5) is 0. The monoisotopic (exact) mass is 300 g/mol. The Kier molecular flexibility index (Phi) is 4.42. The fourth-order valence-corrected chi connectivity index (χ4v) is 4.31. The summed E-state index contributed by atoms with van der Waals surface area (Å²) < 4.78 is 0. The van der Waals surface area contributed by atoms with E-state index in [0.717, 1.165) is 30.4 Å². The topological polar surface area (TPSA) is 40.5 Å². The number of hydrogen-bond donors (Lipinski definition) is 2. The summed E-state index contributed by atoms with van der Waals surface area (Å²) in [6, 6.07) is 7.76. The molecule has 3 rings (SSSR count). The molecule has 0 aromatic heterocycles. The van der Waals surface area contributed by atoms with Crippen LogP contribution >= 0.6 is 0 Å². The van der Waals surface area contributed by atoms with E-state index in [1.54, 1.807) is 11.1 Å². The van der Waals surface area contributed by atoms with Crippen LogP contribution in [-0.4, -0.2) is 10.2 Å². The largest absolute Gasteiger partial charge is 0.392 e. The van der Waals surface area contributed by atoms with Crippen molar-refractivity contribution in [3.63, 3.8) is 0 Å². The van der Waals surface area contributed by atoms with Crippen molar-refractivity contribution in [1.82, 2.24) is 0 Å². The molecule has 1 aromatic rings. The summed E-state index contributed by atoms with van der Waals surface area (Å²) in [6.45, 7) is 4.79. The molecule has 1 aromatic carbocycles. The standard InChI is InChI=1S/C20H28O2/c1-20(2)11-3-4-15-9-10-17(12-18(15)20)19(22)16-7-5-14(13-21)6-8-16/h5-8,17,19,21-22H,3-4,9-13H2,1-2H3/t17-,19?/m1/s1. The predicted octanol–water partition coefficient (Wildman–Crippen LogP) is 4.52. The maximum absolute atomic E-state index is 10.8. The lowest BCUT2D eigenvalue weighted by Gasteiger charge is -2.41. The third kappa shape index (κ3) is 3.00. The van der Waals surface area contributed by atoms with Gasteiger partial charge in [0.25, 0.3) is 0 Å². The summed E-state index contributed by atoms with van der Waals surface area (Å²) in [5.74, 6) is 0.330. The van der Waals surface area contributed by atoms with Gasteiger partial charge >= 0.3 is 0 Å². The average Bonchev–Trinajstić information content (AvgIpc) is 2.54. The number of hydrogen-bond acceptors (Lipinski definition) is 2. The minimum absolute atomic E-state index is 0.0598. The molecule has 0 radical (unpaired) electrons. The Hall–Kier alpha value is -1.12. The number of aliphatic hydroxyl groups excluding tert-OH is 2. The van der Waals surface area contributed by atoms with Gasteiger partial charge in [-0.05, 0) is 61.0 Å². The molecule has 120 valence electrons. The average molecular weight is 300 g/mol. The summed E-state index contributed by atoms with van der Waals surface area (Å²) in [6.07, 6.45) is 6.78. The van der Waals surface area contributed by atoms with E-state index in [1.165, 1.54) is 19.3 Å². The van der Waals surface area contributed by atoms with Crippen LogP contribution in [0.2, 0.25) is 0 Å². The van der Waals surface area contributed by atoms with Crippen molar-refractivity contribution in [2.75, 3.05) is 0 Å². The lowest BCUT2D eigenvalue weighted by Crippen LogP contribution is -2.28. The van der Waals surface area contributed by atoms with Gasteiger partial charge in [0.2, 0.25) is 0 Å². The van der Waals surface area contributed by atoms with Gasteiger partial charge in [-0.15, -0.1) is 0 Å². The molecule has 0 saturated heterocycles. The SMILES string of the molecule is CC1(C)CCCC2=C1C[C@H](C(O)c1ccc(CO)cc1)CC2. The Morgan fingerprint density at radius 2 is 1.91 bits per heavy atom. The first-order chi connectivity index (χ1) is 10.5. The first-order valence-corrected chi connectivity index (χ1v) is 8.60. The number of aliphatic hydroxyl groups is 2. The highest BCUT2D eigenvalue weighted by Crippen LogP contribution is 2.49. The second kappa shape index (κ2) is 6.17. The van der Waals surface area contributed by atoms with E-state index >= 15 is 0 Å². The molecule has 2 nitrogen and oxygen atoms in total. The van der Waals surface area contributed by atoms with Gasteiger partial charge in [0, 0.05) is 0 Å². The van der Waals surface area contributed by atoms with Gasteiger partial charge in [0.15, 0.2) is 0 Å². The molecule has 0 aliphatic heterocycles. The van der Waals surface area contributed by atoms with Gasteiger partial charge in [-0.25, -0.2) is 0 Å². The first-order valence-electron chi connectivity index (χ1n) is 8.60. The zero-order valence-electron chi connectivity index (χ0n) is 13.8. The van der Waals surface area contributed by atoms with Gasteiger partial charge in [0.1, 0.15) is 0 Å². The lowest BCUT2D eigenvalue weighted by molar-refractivity contribution is 0.0928. The first kappa shape index (κ1) is 15.8. The molecule has 0 fully saturated rings. The second-order valence-electron chi connectivity index (χ2n) is 7.67. The van der Waals surface area contributed by atoms with Crippen molar-refractivity contribution < 1.29 is 10.2 Å². The van der Waals surface area contributed by atoms with Crippen molar-refractivity contribution in [2.24, 2.45) is 11.3 Å². The molecule has 2 heteroatoms. The minimum atomic E-state index is -0.389. The smallest absolute Gasteiger partial charge is 0.0821 e. The molecule has 0 bridgehead atoms. The summed E-state index contributed by atoms with van der Waals surface area (Å²) in [5, 5.41) is 19.9. The summed E-state index contributed by atoms with van der Waals surface area (Å²) in [7, 11) is 0. The van der Waals surface area contributed by atoms with Crippen molar-refractivity contribution in [2.45, 2.75) is 65.1 Å². The van der Waals surface area contributed by atoms with E-state index in [0.29, 0.717) is 11.3 Å². The van der Waals surface area contributed by atoms with Crippen molar-refractivity contribution in [1.29, 1.82) is 0 Å². The molecule has 0 amide bonds. The van der Waals surface area contributed by atoms with E-state index in [4.69, 9.17) is 5.11 Å². The maximum atomic E-state index is 10.8. The predicted molar refractivity (Wildman–Crippen MR) is 89.3 cm³/mol. The van der Waals surface area contributed by atoms with Crippen molar-refractivity contribution >= 4 is 0 Å². The van der Waals surface area contributed by atoms with Crippen LogP contribution in [0.4, 0.5) is 0 Å². The summed E-state index contributed by atoms with van der Waals surface area (Å²) in [5.41, 5.74) is 5.50.